The number of benzene rings is 1. The maximum absolute atomic E-state index is 4.77. The fourth-order valence-electron chi connectivity index (χ4n) is 2.45. The summed E-state index contributed by atoms with van der Waals surface area (Å²) in [5, 5.41) is 4.78. The first-order chi connectivity index (χ1) is 9.69. The third kappa shape index (κ3) is 4.29. The van der Waals surface area contributed by atoms with E-state index in [-0.39, 0.29) is 0 Å². The summed E-state index contributed by atoms with van der Waals surface area (Å²) < 4.78 is 0. The number of aromatic nitrogens is 1. The fourth-order valence-corrected chi connectivity index (χ4v) is 2.45. The molecular weight excluding hydrogens is 246 g/mol. The molecule has 0 radical (unpaired) electrons. The molecule has 2 aromatic rings. The van der Waals surface area contributed by atoms with Gasteiger partial charge in [0.25, 0.3) is 0 Å². The zero-order valence-electron chi connectivity index (χ0n) is 12.8. The molecule has 3 nitrogen and oxygen atoms in total. The summed E-state index contributed by atoms with van der Waals surface area (Å²) in [6, 6.07) is 13.1. The van der Waals surface area contributed by atoms with E-state index >= 15 is 0 Å². The Morgan fingerprint density at radius 2 is 1.95 bits per heavy atom. The van der Waals surface area contributed by atoms with Crippen LogP contribution < -0.4 is 5.32 Å². The highest BCUT2D eigenvalue weighted by atomic mass is 15.1. The lowest BCUT2D eigenvalue weighted by Gasteiger charge is -2.20. The quantitative estimate of drug-likeness (QED) is 0.839. The molecule has 0 aliphatic carbocycles. The highest BCUT2D eigenvalue weighted by Crippen LogP contribution is 2.13. The van der Waals surface area contributed by atoms with Crippen molar-refractivity contribution < 1.29 is 0 Å². The SMILES string of the molecule is CCNC(CCN(C)C)Cc1ccc2ccccc2n1. The summed E-state index contributed by atoms with van der Waals surface area (Å²) in [5.41, 5.74) is 2.27. The van der Waals surface area contributed by atoms with Crippen molar-refractivity contribution in [1.29, 1.82) is 0 Å². The van der Waals surface area contributed by atoms with Crippen molar-refractivity contribution in [3.63, 3.8) is 0 Å². The molecule has 0 saturated carbocycles. The van der Waals surface area contributed by atoms with Gasteiger partial charge >= 0.3 is 0 Å². The standard InChI is InChI=1S/C17H25N3/c1-4-18-15(11-12-20(2)3)13-16-10-9-14-7-5-6-8-17(14)19-16/h5-10,15,18H,4,11-13H2,1-3H3. The molecule has 1 aromatic heterocycles. The molecule has 1 aromatic carbocycles. The second kappa shape index (κ2) is 7.36. The van der Waals surface area contributed by atoms with Crippen LogP contribution in [0.2, 0.25) is 0 Å². The van der Waals surface area contributed by atoms with Crippen LogP contribution in [0.1, 0.15) is 19.0 Å². The van der Waals surface area contributed by atoms with Crippen molar-refractivity contribution in [3.05, 3.63) is 42.1 Å². The lowest BCUT2D eigenvalue weighted by atomic mass is 10.1. The summed E-state index contributed by atoms with van der Waals surface area (Å²) >= 11 is 0. The predicted molar refractivity (Wildman–Crippen MR) is 86.1 cm³/mol. The lowest BCUT2D eigenvalue weighted by molar-refractivity contribution is 0.358. The van der Waals surface area contributed by atoms with Gasteiger partial charge in [0, 0.05) is 23.5 Å². The molecule has 2 rings (SSSR count). The minimum atomic E-state index is 0.496. The van der Waals surface area contributed by atoms with Crippen molar-refractivity contribution in [2.75, 3.05) is 27.2 Å². The molecule has 3 heteroatoms. The largest absolute Gasteiger partial charge is 0.314 e. The first-order valence-electron chi connectivity index (χ1n) is 7.42. The van der Waals surface area contributed by atoms with E-state index in [2.05, 4.69) is 61.6 Å². The van der Waals surface area contributed by atoms with Crippen molar-refractivity contribution >= 4 is 10.9 Å². The van der Waals surface area contributed by atoms with E-state index in [1.807, 2.05) is 6.07 Å². The molecule has 0 amide bonds. The monoisotopic (exact) mass is 271 g/mol. The Hall–Kier alpha value is -1.45. The van der Waals surface area contributed by atoms with Gasteiger partial charge in [-0.05, 0) is 45.7 Å². The van der Waals surface area contributed by atoms with Crippen LogP contribution in [0.3, 0.4) is 0 Å². The Morgan fingerprint density at radius 1 is 1.15 bits per heavy atom. The maximum atomic E-state index is 4.77. The molecule has 0 spiro atoms. The predicted octanol–water partition coefficient (Wildman–Crippen LogP) is 2.71. The lowest BCUT2D eigenvalue weighted by Crippen LogP contribution is -2.34. The van der Waals surface area contributed by atoms with Gasteiger partial charge in [-0.1, -0.05) is 31.2 Å². The number of fused-ring (bicyclic) bond motifs is 1. The van der Waals surface area contributed by atoms with E-state index < -0.39 is 0 Å². The van der Waals surface area contributed by atoms with E-state index in [0.717, 1.165) is 31.4 Å². The summed E-state index contributed by atoms with van der Waals surface area (Å²) in [5.74, 6) is 0. The highest BCUT2D eigenvalue weighted by molar-refractivity contribution is 5.78. The van der Waals surface area contributed by atoms with Crippen LogP contribution in [0, 0.1) is 0 Å². The number of hydrogen-bond acceptors (Lipinski definition) is 3. The van der Waals surface area contributed by atoms with Crippen LogP contribution in [0.5, 0.6) is 0 Å². The fraction of sp³-hybridized carbons (Fsp3) is 0.471. The summed E-state index contributed by atoms with van der Waals surface area (Å²) in [7, 11) is 4.24. The number of pyridine rings is 1. The smallest absolute Gasteiger partial charge is 0.0705 e. The second-order valence-electron chi connectivity index (χ2n) is 5.55. The van der Waals surface area contributed by atoms with Crippen molar-refractivity contribution in [2.24, 2.45) is 0 Å². The van der Waals surface area contributed by atoms with Crippen LogP contribution in [-0.4, -0.2) is 43.1 Å². The van der Waals surface area contributed by atoms with Crippen molar-refractivity contribution in [3.8, 4) is 0 Å². The maximum Gasteiger partial charge on any atom is 0.0705 e. The van der Waals surface area contributed by atoms with Gasteiger partial charge in [0.2, 0.25) is 0 Å². The molecule has 20 heavy (non-hydrogen) atoms. The normalized spacial score (nSPS) is 13.0. The topological polar surface area (TPSA) is 28.2 Å². The van der Waals surface area contributed by atoms with Crippen LogP contribution in [0.4, 0.5) is 0 Å². The number of hydrogen-bond donors (Lipinski definition) is 1. The summed E-state index contributed by atoms with van der Waals surface area (Å²) in [6.45, 7) is 4.27. The Labute approximate surface area is 122 Å². The van der Waals surface area contributed by atoms with E-state index in [9.17, 15) is 0 Å². The van der Waals surface area contributed by atoms with E-state index in [1.165, 1.54) is 11.1 Å². The molecule has 1 N–H and O–H groups in total. The minimum Gasteiger partial charge on any atom is -0.314 e. The number of nitrogens with zero attached hydrogens (tertiary/aromatic N) is 2. The molecule has 0 fully saturated rings. The van der Waals surface area contributed by atoms with E-state index in [0.29, 0.717) is 6.04 Å². The molecule has 1 atom stereocenters. The Balaban J connectivity index is 2.07. The second-order valence-corrected chi connectivity index (χ2v) is 5.55. The van der Waals surface area contributed by atoms with Crippen LogP contribution in [0.15, 0.2) is 36.4 Å². The molecule has 1 heterocycles. The van der Waals surface area contributed by atoms with Crippen molar-refractivity contribution in [1.82, 2.24) is 15.2 Å². The van der Waals surface area contributed by atoms with Crippen LogP contribution in [0.25, 0.3) is 10.9 Å². The number of para-hydroxylation sites is 1. The van der Waals surface area contributed by atoms with Gasteiger partial charge in [-0.25, -0.2) is 0 Å². The van der Waals surface area contributed by atoms with Gasteiger partial charge in [-0.15, -0.1) is 0 Å². The molecule has 1 unspecified atom stereocenters. The Bertz CT molecular complexity index is 537. The molecular formula is C17H25N3. The minimum absolute atomic E-state index is 0.496. The molecule has 108 valence electrons. The van der Waals surface area contributed by atoms with Crippen LogP contribution >= 0.6 is 0 Å². The van der Waals surface area contributed by atoms with Gasteiger partial charge in [0.1, 0.15) is 0 Å². The molecule has 0 aliphatic heterocycles. The van der Waals surface area contributed by atoms with Gasteiger partial charge in [0.05, 0.1) is 5.52 Å². The molecule has 0 aliphatic rings. The number of likely N-dealkylation sites (N-methyl/N-ethyl adjacent to an activating group) is 1. The van der Waals surface area contributed by atoms with E-state index in [4.69, 9.17) is 4.98 Å². The highest BCUT2D eigenvalue weighted by Gasteiger charge is 2.10. The van der Waals surface area contributed by atoms with Crippen LogP contribution in [-0.2, 0) is 6.42 Å². The number of nitrogens with one attached hydrogen (secondary N) is 1. The Kier molecular flexibility index (Phi) is 5.50. The van der Waals surface area contributed by atoms with Gasteiger partial charge in [-0.2, -0.15) is 0 Å². The first-order valence-corrected chi connectivity index (χ1v) is 7.42. The summed E-state index contributed by atoms with van der Waals surface area (Å²) in [6.07, 6.45) is 2.14. The third-order valence-electron chi connectivity index (χ3n) is 3.53. The zero-order chi connectivity index (χ0) is 14.4. The first kappa shape index (κ1) is 14.9. The van der Waals surface area contributed by atoms with Gasteiger partial charge < -0.3 is 10.2 Å². The Morgan fingerprint density at radius 3 is 2.70 bits per heavy atom. The average molecular weight is 271 g/mol. The van der Waals surface area contributed by atoms with Gasteiger partial charge in [0.15, 0.2) is 0 Å². The molecule has 0 bridgehead atoms. The van der Waals surface area contributed by atoms with Gasteiger partial charge in [-0.3, -0.25) is 4.98 Å². The molecule has 0 saturated heterocycles. The third-order valence-corrected chi connectivity index (χ3v) is 3.53. The van der Waals surface area contributed by atoms with E-state index in [1.54, 1.807) is 0 Å². The number of rotatable bonds is 7. The van der Waals surface area contributed by atoms with Crippen molar-refractivity contribution in [2.45, 2.75) is 25.8 Å². The summed E-state index contributed by atoms with van der Waals surface area (Å²) in [4.78, 5) is 7.01. The zero-order valence-corrected chi connectivity index (χ0v) is 12.8. The average Bonchev–Trinajstić information content (AvgIpc) is 2.45.